The maximum absolute atomic E-state index is 13.0. The average molecular weight is 559 g/mol. The molecule has 2 aromatic carbocycles. The Morgan fingerprint density at radius 2 is 1.50 bits per heavy atom. The van der Waals surface area contributed by atoms with Crippen LogP contribution in [0, 0.1) is 10.1 Å². The Balaban J connectivity index is 1.74. The minimum absolute atomic E-state index is 0.0496. The number of amides is 3. The molecule has 0 unspecified atom stereocenters. The zero-order valence-electron chi connectivity index (χ0n) is 22.0. The van der Waals surface area contributed by atoms with Crippen LogP contribution < -0.4 is 16.0 Å². The molecule has 2 aromatic rings. The smallest absolute Gasteiger partial charge is 0.303 e. The van der Waals surface area contributed by atoms with Crippen LogP contribution in [0.4, 0.5) is 11.4 Å². The zero-order valence-corrected chi connectivity index (χ0v) is 22.0. The van der Waals surface area contributed by atoms with Crippen molar-refractivity contribution in [3.63, 3.8) is 0 Å². The minimum atomic E-state index is -0.937. The van der Waals surface area contributed by atoms with E-state index in [0.717, 1.165) is 5.56 Å². The second-order valence-electron chi connectivity index (χ2n) is 8.68. The fourth-order valence-electron chi connectivity index (χ4n) is 3.45. The molecule has 40 heavy (non-hydrogen) atoms. The summed E-state index contributed by atoms with van der Waals surface area (Å²) >= 11 is 0. The van der Waals surface area contributed by atoms with Crippen LogP contribution >= 0.6 is 0 Å². The number of carbonyl (C=O) groups excluding carboxylic acids is 3. The highest BCUT2D eigenvalue weighted by Gasteiger charge is 2.22. The Morgan fingerprint density at radius 3 is 2.15 bits per heavy atom. The number of non-ortho nitro benzene ring substituents is 1. The van der Waals surface area contributed by atoms with Crippen molar-refractivity contribution in [1.29, 1.82) is 0 Å². The number of benzene rings is 2. The van der Waals surface area contributed by atoms with Crippen LogP contribution in [-0.2, 0) is 35.1 Å². The van der Waals surface area contributed by atoms with Crippen LogP contribution in [0.3, 0.4) is 0 Å². The SMILES string of the molecule is O=C(O)CCCOCCOCCNC(=O)CCC(=O)N[C@@H](Cc1ccccc1)C(=O)Nc1ccc([N+](=O)[O-])cc1. The van der Waals surface area contributed by atoms with Crippen molar-refractivity contribution in [2.24, 2.45) is 0 Å². The Labute approximate surface area is 231 Å². The highest BCUT2D eigenvalue weighted by atomic mass is 16.6. The van der Waals surface area contributed by atoms with E-state index in [1.165, 1.54) is 24.3 Å². The molecule has 0 radical (unpaired) electrons. The fraction of sp³-hybridized carbons (Fsp3) is 0.407. The first-order valence-corrected chi connectivity index (χ1v) is 12.8. The largest absolute Gasteiger partial charge is 0.481 e. The summed E-state index contributed by atoms with van der Waals surface area (Å²) in [4.78, 5) is 58.3. The predicted molar refractivity (Wildman–Crippen MR) is 145 cm³/mol. The van der Waals surface area contributed by atoms with Crippen molar-refractivity contribution in [2.45, 2.75) is 38.1 Å². The van der Waals surface area contributed by atoms with E-state index in [4.69, 9.17) is 14.6 Å². The van der Waals surface area contributed by atoms with E-state index in [-0.39, 0.29) is 50.4 Å². The van der Waals surface area contributed by atoms with Crippen molar-refractivity contribution < 1.29 is 38.7 Å². The Kier molecular flexibility index (Phi) is 14.4. The molecule has 4 N–H and O–H groups in total. The molecule has 0 aromatic heterocycles. The summed E-state index contributed by atoms with van der Waals surface area (Å²) in [6, 6.07) is 13.5. The second-order valence-corrected chi connectivity index (χ2v) is 8.68. The lowest BCUT2D eigenvalue weighted by Gasteiger charge is -2.19. The fourth-order valence-corrected chi connectivity index (χ4v) is 3.45. The van der Waals surface area contributed by atoms with Gasteiger partial charge in [0.15, 0.2) is 0 Å². The Morgan fingerprint density at radius 1 is 0.850 bits per heavy atom. The van der Waals surface area contributed by atoms with Gasteiger partial charge in [0.2, 0.25) is 17.7 Å². The standard InChI is InChI=1S/C27H34N4O9/c32-24(28-14-16-40-18-17-39-15-4-7-26(34)35)12-13-25(33)30-23(19-20-5-2-1-3-6-20)27(36)29-21-8-10-22(11-9-21)31(37)38/h1-3,5-6,8-11,23H,4,7,12-19H2,(H,28,32)(H,29,36)(H,30,33)(H,34,35)/t23-/m0/s1. The lowest BCUT2D eigenvalue weighted by atomic mass is 10.0. The van der Waals surface area contributed by atoms with Gasteiger partial charge in [0.05, 0.1) is 24.7 Å². The molecular weight excluding hydrogens is 524 g/mol. The van der Waals surface area contributed by atoms with Gasteiger partial charge in [0.1, 0.15) is 6.04 Å². The predicted octanol–water partition coefficient (Wildman–Crippen LogP) is 2.06. The molecule has 0 aliphatic carbocycles. The van der Waals surface area contributed by atoms with E-state index < -0.39 is 28.7 Å². The first kappa shape index (κ1) is 31.9. The van der Waals surface area contributed by atoms with E-state index in [1.54, 1.807) is 0 Å². The number of carboxylic acids is 1. The van der Waals surface area contributed by atoms with Crippen LogP contribution in [0.5, 0.6) is 0 Å². The first-order chi connectivity index (χ1) is 19.2. The third kappa shape index (κ3) is 13.4. The van der Waals surface area contributed by atoms with Crippen molar-refractivity contribution in [3.05, 3.63) is 70.3 Å². The zero-order chi connectivity index (χ0) is 29.2. The van der Waals surface area contributed by atoms with E-state index in [9.17, 15) is 29.3 Å². The maximum Gasteiger partial charge on any atom is 0.303 e. The lowest BCUT2D eigenvalue weighted by molar-refractivity contribution is -0.384. The number of nitrogens with zero attached hydrogens (tertiary/aromatic N) is 1. The van der Waals surface area contributed by atoms with Crippen molar-refractivity contribution in [1.82, 2.24) is 10.6 Å². The maximum atomic E-state index is 13.0. The molecule has 0 aliphatic rings. The number of rotatable bonds is 19. The number of aliphatic carboxylic acids is 1. The summed E-state index contributed by atoms with van der Waals surface area (Å²) in [6.07, 6.45) is 0.468. The van der Waals surface area contributed by atoms with Gasteiger partial charge < -0.3 is 30.5 Å². The summed E-state index contributed by atoms with van der Waals surface area (Å²) in [7, 11) is 0. The molecule has 0 saturated carbocycles. The number of hydrogen-bond acceptors (Lipinski definition) is 8. The first-order valence-electron chi connectivity index (χ1n) is 12.8. The number of nitro benzene ring substituents is 1. The summed E-state index contributed by atoms with van der Waals surface area (Å²) < 4.78 is 10.6. The minimum Gasteiger partial charge on any atom is -0.481 e. The third-order valence-corrected chi connectivity index (χ3v) is 5.48. The number of hydrogen-bond donors (Lipinski definition) is 4. The third-order valence-electron chi connectivity index (χ3n) is 5.48. The van der Waals surface area contributed by atoms with Crippen molar-refractivity contribution >= 4 is 35.1 Å². The van der Waals surface area contributed by atoms with Gasteiger partial charge in [0.25, 0.3) is 5.69 Å². The molecule has 0 heterocycles. The lowest BCUT2D eigenvalue weighted by Crippen LogP contribution is -2.45. The van der Waals surface area contributed by atoms with Crippen LogP contribution in [0.2, 0.25) is 0 Å². The van der Waals surface area contributed by atoms with Crippen LogP contribution in [0.1, 0.15) is 31.2 Å². The average Bonchev–Trinajstić information content (AvgIpc) is 2.93. The van der Waals surface area contributed by atoms with E-state index in [2.05, 4.69) is 16.0 Å². The molecule has 0 saturated heterocycles. The number of nitrogens with one attached hydrogen (secondary N) is 3. The monoisotopic (exact) mass is 558 g/mol. The molecule has 1 atom stereocenters. The number of anilines is 1. The van der Waals surface area contributed by atoms with Gasteiger partial charge in [-0.25, -0.2) is 0 Å². The number of carbonyl (C=O) groups is 4. The molecule has 13 heteroatoms. The summed E-state index contributed by atoms with van der Waals surface area (Å²) in [5, 5.41) is 27.4. The number of nitro groups is 1. The summed E-state index contributed by atoms with van der Waals surface area (Å²) in [5.74, 6) is -2.20. The molecule has 216 valence electrons. The van der Waals surface area contributed by atoms with Gasteiger partial charge in [-0.15, -0.1) is 0 Å². The van der Waals surface area contributed by atoms with Crippen LogP contribution in [-0.4, -0.2) is 72.7 Å². The van der Waals surface area contributed by atoms with Gasteiger partial charge >= 0.3 is 5.97 Å². The normalized spacial score (nSPS) is 11.3. The summed E-state index contributed by atoms with van der Waals surface area (Å²) in [5.41, 5.74) is 1.04. The molecule has 0 bridgehead atoms. The van der Waals surface area contributed by atoms with Crippen LogP contribution in [0.25, 0.3) is 0 Å². The quantitative estimate of drug-likeness (QED) is 0.114. The second kappa shape index (κ2) is 18.0. The van der Waals surface area contributed by atoms with Gasteiger partial charge in [0, 0.05) is 56.7 Å². The Bertz CT molecular complexity index is 1110. The molecular formula is C27H34N4O9. The molecule has 13 nitrogen and oxygen atoms in total. The van der Waals surface area contributed by atoms with E-state index in [0.29, 0.717) is 31.9 Å². The highest BCUT2D eigenvalue weighted by Crippen LogP contribution is 2.16. The molecule has 0 aliphatic heterocycles. The topological polar surface area (TPSA) is 186 Å². The Hall–Kier alpha value is -4.36. The number of ether oxygens (including phenoxy) is 2. The van der Waals surface area contributed by atoms with E-state index >= 15 is 0 Å². The summed E-state index contributed by atoms with van der Waals surface area (Å²) in [6.45, 7) is 1.44. The molecule has 3 amide bonds. The van der Waals surface area contributed by atoms with Gasteiger partial charge in [-0.2, -0.15) is 0 Å². The van der Waals surface area contributed by atoms with Gasteiger partial charge in [-0.05, 0) is 24.1 Å². The molecule has 2 rings (SSSR count). The molecule has 0 spiro atoms. The van der Waals surface area contributed by atoms with Gasteiger partial charge in [-0.3, -0.25) is 29.3 Å². The van der Waals surface area contributed by atoms with Crippen molar-refractivity contribution in [2.75, 3.05) is 38.3 Å². The van der Waals surface area contributed by atoms with Crippen LogP contribution in [0.15, 0.2) is 54.6 Å². The highest BCUT2D eigenvalue weighted by molar-refractivity contribution is 5.97. The van der Waals surface area contributed by atoms with Gasteiger partial charge in [-0.1, -0.05) is 30.3 Å². The van der Waals surface area contributed by atoms with Crippen molar-refractivity contribution in [3.8, 4) is 0 Å². The number of carboxylic acid groups (broad SMARTS) is 1. The molecule has 0 fully saturated rings. The van der Waals surface area contributed by atoms with E-state index in [1.807, 2.05) is 30.3 Å².